The average molecular weight is 316 g/mol. The Hall–Kier alpha value is -0.240. The summed E-state index contributed by atoms with van der Waals surface area (Å²) in [6, 6.07) is 0. The molecule has 1 saturated heterocycles. The fourth-order valence-corrected chi connectivity index (χ4v) is 4.37. The number of fused-ring (bicyclic) bond motifs is 1. The lowest BCUT2D eigenvalue weighted by molar-refractivity contribution is -0.192. The molecule has 0 radical (unpaired) electrons. The molecule has 3 aliphatic rings. The quantitative estimate of drug-likeness (QED) is 0.592. The first-order valence-electron chi connectivity index (χ1n) is 8.46. The molecule has 0 aromatic heterocycles. The molecule has 1 heterocycles. The Morgan fingerprint density at radius 3 is 1.95 bits per heavy atom. The van der Waals surface area contributed by atoms with E-state index in [0.29, 0.717) is 11.8 Å². The molecule has 1 spiro atoms. The largest absolute Gasteiger partial charge is 0.387 e. The molecule has 22 heavy (non-hydrogen) atoms. The van der Waals surface area contributed by atoms with Crippen molar-refractivity contribution in [3.63, 3.8) is 0 Å². The van der Waals surface area contributed by atoms with Crippen LogP contribution >= 0.6 is 0 Å². The fourth-order valence-electron chi connectivity index (χ4n) is 4.37. The van der Waals surface area contributed by atoms with E-state index in [2.05, 4.69) is 13.8 Å². The van der Waals surface area contributed by atoms with Gasteiger partial charge in [-0.15, -0.1) is 0 Å². The van der Waals surface area contributed by atoms with Crippen LogP contribution in [0.3, 0.4) is 0 Å². The Morgan fingerprint density at radius 2 is 1.45 bits per heavy atom. The van der Waals surface area contributed by atoms with Crippen molar-refractivity contribution in [1.29, 1.82) is 0 Å². The maximum atomic E-state index is 10.1. The average Bonchev–Trinajstić information content (AvgIpc) is 3.01. The summed E-state index contributed by atoms with van der Waals surface area (Å²) in [5.41, 5.74) is 0. The van der Waals surface area contributed by atoms with Gasteiger partial charge in [-0.3, -0.25) is 0 Å². The first kappa shape index (κ1) is 16.6. The van der Waals surface area contributed by atoms with Crippen molar-refractivity contribution in [1.82, 2.24) is 0 Å². The number of rotatable bonds is 3. The SMILES string of the molecule is CCCC[C@@H]1CC2(CC1C)OC1C(O)[C@@H](O)C(O)C(O)[C@@H]1O2. The zero-order valence-electron chi connectivity index (χ0n) is 13.3. The molecular weight excluding hydrogens is 288 g/mol. The molecule has 6 nitrogen and oxygen atoms in total. The van der Waals surface area contributed by atoms with Crippen molar-refractivity contribution in [2.24, 2.45) is 11.8 Å². The van der Waals surface area contributed by atoms with E-state index in [0.717, 1.165) is 25.7 Å². The highest BCUT2D eigenvalue weighted by molar-refractivity contribution is 5.06. The maximum Gasteiger partial charge on any atom is 0.170 e. The van der Waals surface area contributed by atoms with Gasteiger partial charge in [0.2, 0.25) is 0 Å². The molecule has 3 fully saturated rings. The molecule has 0 aromatic rings. The molecule has 6 unspecified atom stereocenters. The summed E-state index contributed by atoms with van der Waals surface area (Å²) in [6.45, 7) is 4.35. The predicted molar refractivity (Wildman–Crippen MR) is 77.9 cm³/mol. The van der Waals surface area contributed by atoms with Crippen molar-refractivity contribution >= 4 is 0 Å². The van der Waals surface area contributed by atoms with Gasteiger partial charge in [0.25, 0.3) is 0 Å². The van der Waals surface area contributed by atoms with Gasteiger partial charge in [-0.2, -0.15) is 0 Å². The van der Waals surface area contributed by atoms with Gasteiger partial charge in [0.05, 0.1) is 0 Å². The summed E-state index contributed by atoms with van der Waals surface area (Å²) in [5, 5.41) is 39.9. The molecule has 2 aliphatic carbocycles. The molecule has 0 bridgehead atoms. The van der Waals surface area contributed by atoms with E-state index in [1.807, 2.05) is 0 Å². The van der Waals surface area contributed by atoms with Gasteiger partial charge < -0.3 is 29.9 Å². The van der Waals surface area contributed by atoms with Crippen LogP contribution < -0.4 is 0 Å². The minimum absolute atomic E-state index is 0.454. The van der Waals surface area contributed by atoms with E-state index in [9.17, 15) is 20.4 Å². The first-order valence-corrected chi connectivity index (χ1v) is 8.46. The molecule has 9 atom stereocenters. The number of unbranched alkanes of at least 4 members (excludes halogenated alkanes) is 1. The van der Waals surface area contributed by atoms with Gasteiger partial charge in [0, 0.05) is 12.8 Å². The standard InChI is InChI=1S/C16H28O6/c1-3-4-5-9-7-16(6-8(9)2)21-14-12(19)10(17)11(18)13(20)15(14)22-16/h8-15,17-20H,3-7H2,1-2H3/t8?,9-,10+,11?,12?,13?,14?,15+,16?/m1/s1. The van der Waals surface area contributed by atoms with Crippen LogP contribution in [0.2, 0.25) is 0 Å². The highest BCUT2D eigenvalue weighted by Crippen LogP contribution is 2.51. The van der Waals surface area contributed by atoms with Crippen LogP contribution in [0, 0.1) is 11.8 Å². The Bertz CT molecular complexity index is 380. The van der Waals surface area contributed by atoms with Crippen molar-refractivity contribution in [3.05, 3.63) is 0 Å². The van der Waals surface area contributed by atoms with Gasteiger partial charge in [-0.05, 0) is 11.8 Å². The minimum atomic E-state index is -1.41. The molecule has 3 rings (SSSR count). The van der Waals surface area contributed by atoms with Crippen LogP contribution in [0.25, 0.3) is 0 Å². The van der Waals surface area contributed by atoms with Crippen LogP contribution in [0.15, 0.2) is 0 Å². The third kappa shape index (κ3) is 2.60. The maximum absolute atomic E-state index is 10.1. The lowest BCUT2D eigenvalue weighted by atomic mass is 9.85. The predicted octanol–water partition coefficient (Wildman–Crippen LogP) is 0.160. The van der Waals surface area contributed by atoms with E-state index in [1.165, 1.54) is 6.42 Å². The van der Waals surface area contributed by atoms with Gasteiger partial charge in [-0.25, -0.2) is 0 Å². The van der Waals surface area contributed by atoms with Gasteiger partial charge in [0.1, 0.15) is 36.6 Å². The molecule has 6 heteroatoms. The molecule has 4 N–H and O–H groups in total. The van der Waals surface area contributed by atoms with Gasteiger partial charge in [0.15, 0.2) is 5.79 Å². The fraction of sp³-hybridized carbons (Fsp3) is 1.00. The van der Waals surface area contributed by atoms with Crippen molar-refractivity contribution < 1.29 is 29.9 Å². The highest BCUT2D eigenvalue weighted by atomic mass is 16.8. The number of aliphatic hydroxyl groups is 4. The molecule has 2 saturated carbocycles. The van der Waals surface area contributed by atoms with E-state index in [-0.39, 0.29) is 0 Å². The molecule has 0 amide bonds. The van der Waals surface area contributed by atoms with E-state index in [4.69, 9.17) is 9.47 Å². The summed E-state index contributed by atoms with van der Waals surface area (Å²) in [4.78, 5) is 0. The molecule has 1 aliphatic heterocycles. The van der Waals surface area contributed by atoms with E-state index >= 15 is 0 Å². The molecule has 0 aromatic carbocycles. The summed E-state index contributed by atoms with van der Waals surface area (Å²) in [7, 11) is 0. The second kappa shape index (κ2) is 6.00. The van der Waals surface area contributed by atoms with Crippen LogP contribution in [0.1, 0.15) is 46.0 Å². The lowest BCUT2D eigenvalue weighted by Gasteiger charge is -2.38. The minimum Gasteiger partial charge on any atom is -0.387 e. The lowest BCUT2D eigenvalue weighted by Crippen LogP contribution is -2.62. The Labute approximate surface area is 131 Å². The Morgan fingerprint density at radius 1 is 0.909 bits per heavy atom. The normalized spacial score (nSPS) is 54.8. The number of hydrogen-bond acceptors (Lipinski definition) is 6. The smallest absolute Gasteiger partial charge is 0.170 e. The van der Waals surface area contributed by atoms with Crippen molar-refractivity contribution in [2.45, 2.75) is 88.4 Å². The third-order valence-electron chi connectivity index (χ3n) is 5.69. The topological polar surface area (TPSA) is 99.4 Å². The van der Waals surface area contributed by atoms with Gasteiger partial charge >= 0.3 is 0 Å². The Kier molecular flexibility index (Phi) is 4.53. The van der Waals surface area contributed by atoms with Crippen LogP contribution in [0.4, 0.5) is 0 Å². The number of ether oxygens (including phenoxy) is 2. The van der Waals surface area contributed by atoms with Crippen molar-refractivity contribution in [2.75, 3.05) is 0 Å². The zero-order chi connectivity index (χ0) is 16.1. The summed E-state index contributed by atoms with van der Waals surface area (Å²) in [6.07, 6.45) is -1.98. The van der Waals surface area contributed by atoms with Crippen LogP contribution in [-0.2, 0) is 9.47 Å². The van der Waals surface area contributed by atoms with E-state index in [1.54, 1.807) is 0 Å². The number of hydrogen-bond donors (Lipinski definition) is 4. The van der Waals surface area contributed by atoms with E-state index < -0.39 is 42.4 Å². The second-order valence-corrected chi connectivity index (χ2v) is 7.33. The monoisotopic (exact) mass is 316 g/mol. The van der Waals surface area contributed by atoms with Crippen molar-refractivity contribution in [3.8, 4) is 0 Å². The Balaban J connectivity index is 1.74. The highest BCUT2D eigenvalue weighted by Gasteiger charge is 2.61. The van der Waals surface area contributed by atoms with Crippen LogP contribution in [0.5, 0.6) is 0 Å². The second-order valence-electron chi connectivity index (χ2n) is 7.33. The summed E-state index contributed by atoms with van der Waals surface area (Å²) in [5.74, 6) is 0.166. The van der Waals surface area contributed by atoms with Crippen LogP contribution in [-0.4, -0.2) is 62.8 Å². The molecular formula is C16H28O6. The summed E-state index contributed by atoms with van der Waals surface area (Å²) < 4.78 is 12.0. The zero-order valence-corrected chi connectivity index (χ0v) is 13.3. The first-order chi connectivity index (χ1) is 10.4. The van der Waals surface area contributed by atoms with Gasteiger partial charge in [-0.1, -0.05) is 33.1 Å². The summed E-state index contributed by atoms with van der Waals surface area (Å²) >= 11 is 0. The number of aliphatic hydroxyl groups excluding tert-OH is 4. The third-order valence-corrected chi connectivity index (χ3v) is 5.69. The molecule has 128 valence electrons.